The van der Waals surface area contributed by atoms with Crippen molar-refractivity contribution in [2.75, 3.05) is 19.7 Å². The molecule has 1 N–H and O–H groups in total. The molecule has 25 heavy (non-hydrogen) atoms. The van der Waals surface area contributed by atoms with E-state index in [-0.39, 0.29) is 12.3 Å². The van der Waals surface area contributed by atoms with Gasteiger partial charge in [-0.05, 0) is 37.8 Å². The quantitative estimate of drug-likeness (QED) is 0.924. The zero-order valence-corrected chi connectivity index (χ0v) is 14.4. The fraction of sp³-hybridized carbons (Fsp3) is 0.556. The van der Waals surface area contributed by atoms with Gasteiger partial charge in [0.2, 0.25) is 0 Å². The van der Waals surface area contributed by atoms with Crippen LogP contribution in [0.2, 0.25) is 0 Å². The van der Waals surface area contributed by atoms with Crippen molar-refractivity contribution in [2.45, 2.75) is 44.9 Å². The maximum absolute atomic E-state index is 11.1. The molecule has 1 amide bonds. The van der Waals surface area contributed by atoms with E-state index in [1.165, 1.54) is 4.90 Å². The standard InChI is InChI=1S/C18H23N3O4/c1-12-8-13-10-19-21(17-4-2-3-7-24-17)15(13)9-16(12)25-14-5-6-20(11-14)18(22)23/h8-10,14,17H,2-7,11H2,1H3,(H,22,23)/t14-,17?/m1/s1. The monoisotopic (exact) mass is 345 g/mol. The molecule has 2 saturated heterocycles. The molecule has 2 aliphatic heterocycles. The Bertz CT molecular complexity index is 782. The Kier molecular flexibility index (Phi) is 4.25. The molecule has 0 spiro atoms. The summed E-state index contributed by atoms with van der Waals surface area (Å²) in [6.07, 6.45) is 4.80. The molecular weight excluding hydrogens is 322 g/mol. The van der Waals surface area contributed by atoms with Crippen molar-refractivity contribution in [3.63, 3.8) is 0 Å². The van der Waals surface area contributed by atoms with Gasteiger partial charge in [-0.25, -0.2) is 9.48 Å². The summed E-state index contributed by atoms with van der Waals surface area (Å²) < 4.78 is 13.9. The summed E-state index contributed by atoms with van der Waals surface area (Å²) in [7, 11) is 0. The molecule has 1 aromatic heterocycles. The van der Waals surface area contributed by atoms with Gasteiger partial charge in [-0.3, -0.25) is 0 Å². The molecule has 1 aromatic carbocycles. The lowest BCUT2D eigenvalue weighted by Gasteiger charge is -2.24. The van der Waals surface area contributed by atoms with Crippen LogP contribution in [0.25, 0.3) is 10.9 Å². The van der Waals surface area contributed by atoms with Crippen molar-refractivity contribution in [1.29, 1.82) is 0 Å². The lowest BCUT2D eigenvalue weighted by molar-refractivity contribution is -0.0366. The fourth-order valence-electron chi connectivity index (χ4n) is 3.64. The van der Waals surface area contributed by atoms with Gasteiger partial charge >= 0.3 is 6.09 Å². The van der Waals surface area contributed by atoms with E-state index >= 15 is 0 Å². The molecule has 0 radical (unpaired) electrons. The summed E-state index contributed by atoms with van der Waals surface area (Å²) in [5.74, 6) is 0.794. The first-order valence-corrected chi connectivity index (χ1v) is 8.86. The highest BCUT2D eigenvalue weighted by Gasteiger charge is 2.28. The summed E-state index contributed by atoms with van der Waals surface area (Å²) in [6, 6.07) is 4.08. The molecule has 1 unspecified atom stereocenters. The number of nitrogens with zero attached hydrogens (tertiary/aromatic N) is 3. The average Bonchev–Trinajstić information content (AvgIpc) is 3.23. The van der Waals surface area contributed by atoms with Crippen LogP contribution in [0.4, 0.5) is 4.79 Å². The molecule has 0 aliphatic carbocycles. The number of fused-ring (bicyclic) bond motifs is 1. The lowest BCUT2D eigenvalue weighted by atomic mass is 10.1. The highest BCUT2D eigenvalue weighted by molar-refractivity contribution is 5.81. The first-order chi connectivity index (χ1) is 12.1. The predicted octanol–water partition coefficient (Wildman–Crippen LogP) is 3.17. The van der Waals surface area contributed by atoms with Gasteiger partial charge in [-0.1, -0.05) is 0 Å². The van der Waals surface area contributed by atoms with Crippen LogP contribution in [0.5, 0.6) is 5.75 Å². The molecule has 3 heterocycles. The van der Waals surface area contributed by atoms with E-state index in [1.807, 2.05) is 23.9 Å². The third kappa shape index (κ3) is 3.16. The molecule has 0 bridgehead atoms. The summed E-state index contributed by atoms with van der Waals surface area (Å²) in [4.78, 5) is 12.5. The van der Waals surface area contributed by atoms with Crippen LogP contribution in [0.15, 0.2) is 18.3 Å². The van der Waals surface area contributed by atoms with Crippen LogP contribution in [0, 0.1) is 6.92 Å². The van der Waals surface area contributed by atoms with E-state index in [9.17, 15) is 4.79 Å². The van der Waals surface area contributed by atoms with Gasteiger partial charge in [0.1, 0.15) is 11.9 Å². The van der Waals surface area contributed by atoms with Gasteiger partial charge < -0.3 is 19.5 Å². The molecule has 4 rings (SSSR count). The Morgan fingerprint density at radius 3 is 2.96 bits per heavy atom. The molecular formula is C18H23N3O4. The number of carboxylic acid groups (broad SMARTS) is 1. The minimum atomic E-state index is -0.884. The van der Waals surface area contributed by atoms with Gasteiger partial charge in [0.25, 0.3) is 0 Å². The van der Waals surface area contributed by atoms with Gasteiger partial charge in [0, 0.05) is 31.0 Å². The number of carbonyl (C=O) groups is 1. The van der Waals surface area contributed by atoms with Crippen LogP contribution >= 0.6 is 0 Å². The van der Waals surface area contributed by atoms with Crippen LogP contribution in [0.1, 0.15) is 37.5 Å². The SMILES string of the molecule is Cc1cc2cnn(C3CCCCO3)c2cc1O[C@@H]1CCN(C(=O)O)C1. The maximum Gasteiger partial charge on any atom is 0.407 e. The Morgan fingerprint density at radius 2 is 2.24 bits per heavy atom. The first-order valence-electron chi connectivity index (χ1n) is 8.86. The third-order valence-corrected chi connectivity index (χ3v) is 5.03. The predicted molar refractivity (Wildman–Crippen MR) is 91.9 cm³/mol. The number of benzene rings is 1. The number of aryl methyl sites for hydroxylation is 1. The largest absolute Gasteiger partial charge is 0.488 e. The van der Waals surface area contributed by atoms with E-state index in [1.54, 1.807) is 0 Å². The third-order valence-electron chi connectivity index (χ3n) is 5.03. The minimum absolute atomic E-state index is 0.0178. The molecule has 2 fully saturated rings. The Labute approximate surface area is 146 Å². The molecule has 7 heteroatoms. The zero-order chi connectivity index (χ0) is 17.4. The lowest BCUT2D eigenvalue weighted by Crippen LogP contribution is -2.29. The van der Waals surface area contributed by atoms with Crippen LogP contribution in [-0.2, 0) is 4.74 Å². The Morgan fingerprint density at radius 1 is 1.36 bits per heavy atom. The van der Waals surface area contributed by atoms with Gasteiger partial charge in [0.15, 0.2) is 6.23 Å². The van der Waals surface area contributed by atoms with Gasteiger partial charge in [0.05, 0.1) is 18.3 Å². The van der Waals surface area contributed by atoms with Gasteiger partial charge in [-0.2, -0.15) is 5.10 Å². The number of likely N-dealkylation sites (tertiary alicyclic amines) is 1. The molecule has 0 saturated carbocycles. The van der Waals surface area contributed by atoms with E-state index in [0.717, 1.165) is 54.5 Å². The average molecular weight is 345 g/mol. The number of ether oxygens (including phenoxy) is 2. The van der Waals surface area contributed by atoms with Crippen LogP contribution in [0.3, 0.4) is 0 Å². The highest BCUT2D eigenvalue weighted by atomic mass is 16.5. The van der Waals surface area contributed by atoms with Crippen LogP contribution in [-0.4, -0.2) is 51.7 Å². The Balaban J connectivity index is 1.58. The summed E-state index contributed by atoms with van der Waals surface area (Å²) in [5.41, 5.74) is 2.03. The smallest absolute Gasteiger partial charge is 0.407 e. The van der Waals surface area contributed by atoms with Crippen molar-refractivity contribution in [3.05, 3.63) is 23.9 Å². The van der Waals surface area contributed by atoms with Crippen molar-refractivity contribution in [1.82, 2.24) is 14.7 Å². The summed E-state index contributed by atoms with van der Waals surface area (Å²) in [6.45, 7) is 3.72. The van der Waals surface area contributed by atoms with Crippen molar-refractivity contribution >= 4 is 17.0 Å². The minimum Gasteiger partial charge on any atom is -0.488 e. The molecule has 2 aromatic rings. The molecule has 134 valence electrons. The van der Waals surface area contributed by atoms with E-state index in [0.29, 0.717) is 13.1 Å². The highest BCUT2D eigenvalue weighted by Crippen LogP contribution is 2.31. The number of aromatic nitrogens is 2. The van der Waals surface area contributed by atoms with Crippen molar-refractivity contribution in [2.24, 2.45) is 0 Å². The van der Waals surface area contributed by atoms with E-state index in [2.05, 4.69) is 11.2 Å². The van der Waals surface area contributed by atoms with Gasteiger partial charge in [-0.15, -0.1) is 0 Å². The second kappa shape index (κ2) is 6.55. The number of hydrogen-bond acceptors (Lipinski definition) is 4. The first kappa shape index (κ1) is 16.2. The number of amides is 1. The normalized spacial score (nSPS) is 24.0. The van der Waals surface area contributed by atoms with Crippen molar-refractivity contribution in [3.8, 4) is 5.75 Å². The van der Waals surface area contributed by atoms with E-state index < -0.39 is 6.09 Å². The topological polar surface area (TPSA) is 76.8 Å². The summed E-state index contributed by atoms with van der Waals surface area (Å²) >= 11 is 0. The number of hydrogen-bond donors (Lipinski definition) is 1. The molecule has 2 atom stereocenters. The Hall–Kier alpha value is -2.28. The van der Waals surface area contributed by atoms with Crippen molar-refractivity contribution < 1.29 is 19.4 Å². The second-order valence-electron chi connectivity index (χ2n) is 6.84. The van der Waals surface area contributed by atoms with Crippen LogP contribution < -0.4 is 4.74 Å². The second-order valence-corrected chi connectivity index (χ2v) is 6.84. The molecule has 7 nitrogen and oxygen atoms in total. The van der Waals surface area contributed by atoms with E-state index in [4.69, 9.17) is 14.6 Å². The number of rotatable bonds is 3. The molecule has 2 aliphatic rings. The maximum atomic E-state index is 11.1. The zero-order valence-electron chi connectivity index (χ0n) is 14.4. The summed E-state index contributed by atoms with van der Waals surface area (Å²) in [5, 5.41) is 14.7. The fourth-order valence-corrected chi connectivity index (χ4v) is 3.64.